The SMILES string of the molecule is CCC[C@H](NC(=O)OCc1ccccc1)C(=O)Oc1ccc2c(-c3ccc(OC)cc3)cc(=O)oc2c1. The van der Waals surface area contributed by atoms with E-state index in [4.69, 9.17) is 18.6 Å². The molecule has 0 aliphatic heterocycles. The van der Waals surface area contributed by atoms with E-state index in [-0.39, 0.29) is 17.9 Å². The Labute approximate surface area is 213 Å². The zero-order valence-corrected chi connectivity index (χ0v) is 20.6. The van der Waals surface area contributed by atoms with E-state index < -0.39 is 23.7 Å². The van der Waals surface area contributed by atoms with Crippen molar-refractivity contribution >= 4 is 23.0 Å². The molecule has 1 aromatic heterocycles. The first-order valence-electron chi connectivity index (χ1n) is 11.9. The van der Waals surface area contributed by atoms with Crippen LogP contribution in [-0.4, -0.2) is 25.2 Å². The summed E-state index contributed by atoms with van der Waals surface area (Å²) in [6, 6.07) is 21.9. The Kier molecular flexibility index (Phi) is 8.20. The van der Waals surface area contributed by atoms with Crippen LogP contribution in [0.1, 0.15) is 25.3 Å². The van der Waals surface area contributed by atoms with Crippen LogP contribution < -0.4 is 20.4 Å². The number of carbonyl (C=O) groups is 2. The third-order valence-corrected chi connectivity index (χ3v) is 5.70. The first-order valence-corrected chi connectivity index (χ1v) is 11.9. The summed E-state index contributed by atoms with van der Waals surface area (Å²) < 4.78 is 21.3. The lowest BCUT2D eigenvalue weighted by Crippen LogP contribution is -2.43. The molecule has 0 aliphatic rings. The van der Waals surface area contributed by atoms with Gasteiger partial charge in [0.05, 0.1) is 7.11 Å². The minimum Gasteiger partial charge on any atom is -0.497 e. The van der Waals surface area contributed by atoms with Gasteiger partial charge in [0.2, 0.25) is 0 Å². The lowest BCUT2D eigenvalue weighted by Gasteiger charge is -2.17. The summed E-state index contributed by atoms with van der Waals surface area (Å²) in [5, 5.41) is 3.25. The van der Waals surface area contributed by atoms with Gasteiger partial charge in [-0.15, -0.1) is 0 Å². The van der Waals surface area contributed by atoms with Crippen molar-refractivity contribution in [2.75, 3.05) is 7.11 Å². The third-order valence-electron chi connectivity index (χ3n) is 5.70. The molecule has 4 aromatic rings. The van der Waals surface area contributed by atoms with Crippen molar-refractivity contribution < 1.29 is 28.2 Å². The van der Waals surface area contributed by atoms with Crippen molar-refractivity contribution in [3.05, 3.63) is 94.8 Å². The number of alkyl carbamates (subject to hydrolysis) is 1. The first kappa shape index (κ1) is 25.5. The molecule has 8 nitrogen and oxygen atoms in total. The van der Waals surface area contributed by atoms with Crippen LogP contribution in [0.25, 0.3) is 22.1 Å². The van der Waals surface area contributed by atoms with Crippen LogP contribution in [-0.2, 0) is 16.1 Å². The van der Waals surface area contributed by atoms with Gasteiger partial charge in [-0.2, -0.15) is 0 Å². The maximum absolute atomic E-state index is 12.9. The molecule has 0 saturated heterocycles. The Hall–Kier alpha value is -4.59. The van der Waals surface area contributed by atoms with E-state index in [1.54, 1.807) is 31.4 Å². The number of methoxy groups -OCH3 is 1. The smallest absolute Gasteiger partial charge is 0.408 e. The average Bonchev–Trinajstić information content (AvgIpc) is 2.91. The number of ether oxygens (including phenoxy) is 3. The highest BCUT2D eigenvalue weighted by Gasteiger charge is 2.23. The number of nitrogens with one attached hydrogen (secondary N) is 1. The van der Waals surface area contributed by atoms with Gasteiger partial charge in [0.25, 0.3) is 0 Å². The van der Waals surface area contributed by atoms with E-state index in [9.17, 15) is 14.4 Å². The number of hydrogen-bond donors (Lipinski definition) is 1. The lowest BCUT2D eigenvalue weighted by molar-refractivity contribution is -0.136. The summed E-state index contributed by atoms with van der Waals surface area (Å²) in [4.78, 5) is 37.4. The lowest BCUT2D eigenvalue weighted by atomic mass is 10.0. The minimum absolute atomic E-state index is 0.0841. The molecule has 0 bridgehead atoms. The first-order chi connectivity index (χ1) is 18.0. The normalized spacial score (nSPS) is 11.5. The van der Waals surface area contributed by atoms with Crippen LogP contribution in [0, 0.1) is 0 Å². The van der Waals surface area contributed by atoms with E-state index in [1.807, 2.05) is 49.4 Å². The molecule has 190 valence electrons. The molecule has 37 heavy (non-hydrogen) atoms. The molecule has 1 N–H and O–H groups in total. The quantitative estimate of drug-likeness (QED) is 0.184. The van der Waals surface area contributed by atoms with Gasteiger partial charge in [0, 0.05) is 17.5 Å². The van der Waals surface area contributed by atoms with E-state index in [2.05, 4.69) is 5.32 Å². The van der Waals surface area contributed by atoms with Gasteiger partial charge in [-0.3, -0.25) is 0 Å². The molecular weight excluding hydrogens is 474 g/mol. The van der Waals surface area contributed by atoms with Crippen LogP contribution >= 0.6 is 0 Å². The van der Waals surface area contributed by atoms with Gasteiger partial charge in [-0.1, -0.05) is 55.8 Å². The highest BCUT2D eigenvalue weighted by molar-refractivity contribution is 5.94. The number of esters is 1. The number of fused-ring (bicyclic) bond motifs is 1. The Morgan fingerprint density at radius 1 is 0.946 bits per heavy atom. The number of carbonyl (C=O) groups excluding carboxylic acids is 2. The number of amides is 1. The summed E-state index contributed by atoms with van der Waals surface area (Å²) in [6.07, 6.45) is 0.285. The summed E-state index contributed by atoms with van der Waals surface area (Å²) in [5.74, 6) is 0.240. The Balaban J connectivity index is 1.48. The molecule has 0 fully saturated rings. The monoisotopic (exact) mass is 501 g/mol. The van der Waals surface area contributed by atoms with Crippen LogP contribution in [0.4, 0.5) is 4.79 Å². The Morgan fingerprint density at radius 3 is 2.38 bits per heavy atom. The Morgan fingerprint density at radius 2 is 1.68 bits per heavy atom. The fourth-order valence-corrected chi connectivity index (χ4v) is 3.85. The van der Waals surface area contributed by atoms with Gasteiger partial charge in [-0.25, -0.2) is 14.4 Å². The molecule has 4 rings (SSSR count). The van der Waals surface area contributed by atoms with Crippen LogP contribution in [0.15, 0.2) is 88.1 Å². The fourth-order valence-electron chi connectivity index (χ4n) is 3.85. The van der Waals surface area contributed by atoms with Gasteiger partial charge in [-0.05, 0) is 47.4 Å². The second-order valence-electron chi connectivity index (χ2n) is 8.33. The highest BCUT2D eigenvalue weighted by Crippen LogP contribution is 2.31. The van der Waals surface area contributed by atoms with E-state index in [0.717, 1.165) is 11.1 Å². The third kappa shape index (κ3) is 6.55. The number of hydrogen-bond acceptors (Lipinski definition) is 7. The van der Waals surface area contributed by atoms with Gasteiger partial charge < -0.3 is 23.9 Å². The zero-order chi connectivity index (χ0) is 26.2. The van der Waals surface area contributed by atoms with Crippen molar-refractivity contribution in [3.63, 3.8) is 0 Å². The average molecular weight is 502 g/mol. The van der Waals surface area contributed by atoms with Crippen molar-refractivity contribution in [3.8, 4) is 22.6 Å². The predicted molar refractivity (Wildman–Crippen MR) is 139 cm³/mol. The second kappa shape index (κ2) is 11.9. The fraction of sp³-hybridized carbons (Fsp3) is 0.207. The van der Waals surface area contributed by atoms with E-state index >= 15 is 0 Å². The van der Waals surface area contributed by atoms with Gasteiger partial charge in [0.15, 0.2) is 0 Å². The summed E-state index contributed by atoms with van der Waals surface area (Å²) >= 11 is 0. The number of rotatable bonds is 9. The van der Waals surface area contributed by atoms with Crippen LogP contribution in [0.2, 0.25) is 0 Å². The zero-order valence-electron chi connectivity index (χ0n) is 20.6. The molecule has 8 heteroatoms. The van der Waals surface area contributed by atoms with E-state index in [1.165, 1.54) is 12.1 Å². The second-order valence-corrected chi connectivity index (χ2v) is 8.33. The molecular formula is C29H27NO7. The summed E-state index contributed by atoms with van der Waals surface area (Å²) in [6.45, 7) is 1.98. The van der Waals surface area contributed by atoms with Gasteiger partial charge >= 0.3 is 17.7 Å². The molecule has 1 amide bonds. The topological polar surface area (TPSA) is 104 Å². The molecule has 1 atom stereocenters. The van der Waals surface area contributed by atoms with Crippen molar-refractivity contribution in [2.45, 2.75) is 32.4 Å². The van der Waals surface area contributed by atoms with Crippen LogP contribution in [0.5, 0.6) is 11.5 Å². The van der Waals surface area contributed by atoms with E-state index in [0.29, 0.717) is 29.5 Å². The van der Waals surface area contributed by atoms with Crippen molar-refractivity contribution in [1.29, 1.82) is 0 Å². The summed E-state index contributed by atoms with van der Waals surface area (Å²) in [5.41, 5.74) is 2.06. The largest absolute Gasteiger partial charge is 0.497 e. The molecule has 3 aromatic carbocycles. The minimum atomic E-state index is -0.901. The molecule has 0 radical (unpaired) electrons. The molecule has 1 heterocycles. The maximum Gasteiger partial charge on any atom is 0.408 e. The number of benzene rings is 3. The van der Waals surface area contributed by atoms with Crippen LogP contribution in [0.3, 0.4) is 0 Å². The maximum atomic E-state index is 12.9. The van der Waals surface area contributed by atoms with Gasteiger partial charge in [0.1, 0.15) is 29.7 Å². The molecule has 0 aliphatic carbocycles. The molecule has 0 saturated carbocycles. The van der Waals surface area contributed by atoms with Crippen molar-refractivity contribution in [1.82, 2.24) is 5.32 Å². The summed E-state index contributed by atoms with van der Waals surface area (Å²) in [7, 11) is 1.58. The standard InChI is InChI=1S/C29H27NO7/c1-3-7-25(30-29(33)35-18-19-8-5-4-6-9-19)28(32)36-22-14-15-23-24(17-27(31)37-26(23)16-22)20-10-12-21(34-2)13-11-20/h4-6,8-17,25H,3,7,18H2,1-2H3,(H,30,33)/t25-/m0/s1. The molecule has 0 unspecified atom stereocenters. The molecule has 0 spiro atoms. The highest BCUT2D eigenvalue weighted by atomic mass is 16.6. The Bertz CT molecular complexity index is 1430. The van der Waals surface area contributed by atoms with Crippen molar-refractivity contribution in [2.24, 2.45) is 0 Å². The predicted octanol–water partition coefficient (Wildman–Crippen LogP) is 5.47.